The summed E-state index contributed by atoms with van der Waals surface area (Å²) in [7, 11) is 0. The van der Waals surface area contributed by atoms with E-state index in [1.165, 1.54) is 0 Å². The smallest absolute Gasteiger partial charge is 0.131 e. The monoisotopic (exact) mass is 362 g/mol. The lowest BCUT2D eigenvalue weighted by Crippen LogP contribution is -2.40. The standard InChI is InChI=1S/C20H27ClN2O2/c1-19(7-11-25-12-8-19)4-3-16-14-22-18(21)13-17(16)23-9-5-20(2,15-24)6-10-23/h13-14,24H,5-12,15H2,1-2H3. The van der Waals surface area contributed by atoms with Gasteiger partial charge in [-0.25, -0.2) is 4.98 Å². The maximum Gasteiger partial charge on any atom is 0.131 e. The van der Waals surface area contributed by atoms with E-state index >= 15 is 0 Å². The predicted molar refractivity (Wildman–Crippen MR) is 101 cm³/mol. The van der Waals surface area contributed by atoms with E-state index in [9.17, 15) is 5.11 Å². The van der Waals surface area contributed by atoms with Crippen LogP contribution in [0.1, 0.15) is 45.1 Å². The Kier molecular flexibility index (Phi) is 5.58. The minimum atomic E-state index is 0.00646. The first-order chi connectivity index (χ1) is 11.9. The second kappa shape index (κ2) is 7.53. The fourth-order valence-electron chi connectivity index (χ4n) is 3.39. The lowest BCUT2D eigenvalue weighted by Gasteiger charge is -2.39. The highest BCUT2D eigenvalue weighted by atomic mass is 35.5. The molecule has 3 rings (SSSR count). The Hall–Kier alpha value is -1.28. The number of aliphatic hydroxyl groups is 1. The third-order valence-corrected chi connectivity index (χ3v) is 5.84. The van der Waals surface area contributed by atoms with Crippen LogP contribution in [-0.4, -0.2) is 43.0 Å². The Morgan fingerprint density at radius 1 is 1.24 bits per heavy atom. The van der Waals surface area contributed by atoms with E-state index in [1.807, 2.05) is 6.07 Å². The molecule has 0 aromatic carbocycles. The molecule has 0 unspecified atom stereocenters. The van der Waals surface area contributed by atoms with Gasteiger partial charge in [0.2, 0.25) is 0 Å². The number of aliphatic hydroxyl groups excluding tert-OH is 1. The zero-order chi connectivity index (χ0) is 17.9. The molecule has 0 aliphatic carbocycles. The van der Waals surface area contributed by atoms with Gasteiger partial charge in [-0.2, -0.15) is 0 Å². The summed E-state index contributed by atoms with van der Waals surface area (Å²) in [4.78, 5) is 6.56. The van der Waals surface area contributed by atoms with Gasteiger partial charge in [0.05, 0.1) is 11.3 Å². The first-order valence-electron chi connectivity index (χ1n) is 9.05. The van der Waals surface area contributed by atoms with Gasteiger partial charge in [-0.3, -0.25) is 0 Å². The van der Waals surface area contributed by atoms with E-state index in [0.29, 0.717) is 5.15 Å². The Morgan fingerprint density at radius 2 is 1.92 bits per heavy atom. The first-order valence-corrected chi connectivity index (χ1v) is 9.43. The van der Waals surface area contributed by atoms with Gasteiger partial charge in [0, 0.05) is 50.6 Å². The van der Waals surface area contributed by atoms with Crippen molar-refractivity contribution in [3.05, 3.63) is 23.0 Å². The van der Waals surface area contributed by atoms with E-state index < -0.39 is 0 Å². The van der Waals surface area contributed by atoms with Crippen LogP contribution in [0, 0.1) is 22.7 Å². The zero-order valence-corrected chi connectivity index (χ0v) is 15.9. The number of anilines is 1. The molecule has 0 spiro atoms. The fraction of sp³-hybridized carbons (Fsp3) is 0.650. The molecule has 2 aliphatic heterocycles. The summed E-state index contributed by atoms with van der Waals surface area (Å²) in [6, 6.07) is 1.92. The minimum Gasteiger partial charge on any atom is -0.396 e. The van der Waals surface area contributed by atoms with Crippen LogP contribution in [0.3, 0.4) is 0 Å². The van der Waals surface area contributed by atoms with E-state index in [0.717, 1.165) is 63.2 Å². The summed E-state index contributed by atoms with van der Waals surface area (Å²) < 4.78 is 5.46. The average molecular weight is 363 g/mol. The number of nitrogens with zero attached hydrogens (tertiary/aromatic N) is 2. The highest BCUT2D eigenvalue weighted by Gasteiger charge is 2.30. The lowest BCUT2D eigenvalue weighted by molar-refractivity contribution is 0.0487. The van der Waals surface area contributed by atoms with Gasteiger partial charge in [0.25, 0.3) is 0 Å². The summed E-state index contributed by atoms with van der Waals surface area (Å²) >= 11 is 6.15. The molecular weight excluding hydrogens is 336 g/mol. The number of ether oxygens (including phenoxy) is 1. The predicted octanol–water partition coefficient (Wildman–Crippen LogP) is 3.50. The molecule has 5 heteroatoms. The lowest BCUT2D eigenvalue weighted by atomic mass is 9.81. The summed E-state index contributed by atoms with van der Waals surface area (Å²) in [5.41, 5.74) is 2.02. The van der Waals surface area contributed by atoms with Gasteiger partial charge >= 0.3 is 0 Å². The summed E-state index contributed by atoms with van der Waals surface area (Å²) in [6.07, 6.45) is 5.65. The van der Waals surface area contributed by atoms with Crippen LogP contribution in [0.4, 0.5) is 5.69 Å². The van der Waals surface area contributed by atoms with Crippen molar-refractivity contribution < 1.29 is 9.84 Å². The van der Waals surface area contributed by atoms with Gasteiger partial charge in [0.1, 0.15) is 5.15 Å². The molecule has 2 fully saturated rings. The zero-order valence-electron chi connectivity index (χ0n) is 15.1. The number of piperidine rings is 1. The molecule has 2 aliphatic rings. The molecular formula is C20H27ClN2O2. The maximum absolute atomic E-state index is 9.58. The van der Waals surface area contributed by atoms with Crippen molar-refractivity contribution >= 4 is 17.3 Å². The average Bonchev–Trinajstić information content (AvgIpc) is 2.62. The minimum absolute atomic E-state index is 0.00646. The molecule has 0 bridgehead atoms. The van der Waals surface area contributed by atoms with E-state index in [1.54, 1.807) is 6.20 Å². The molecule has 136 valence electrons. The second-order valence-electron chi connectivity index (χ2n) is 7.90. The number of pyridine rings is 1. The van der Waals surface area contributed by atoms with Gasteiger partial charge in [-0.05, 0) is 38.0 Å². The Bertz CT molecular complexity index is 666. The van der Waals surface area contributed by atoms with Crippen LogP contribution < -0.4 is 4.90 Å². The summed E-state index contributed by atoms with van der Waals surface area (Å²) in [5.74, 6) is 6.83. The maximum atomic E-state index is 9.58. The molecule has 0 atom stereocenters. The largest absolute Gasteiger partial charge is 0.396 e. The van der Waals surface area contributed by atoms with Crippen molar-refractivity contribution in [1.82, 2.24) is 4.98 Å². The van der Waals surface area contributed by atoms with Crippen molar-refractivity contribution in [3.8, 4) is 11.8 Å². The Balaban J connectivity index is 1.82. The molecule has 1 aromatic rings. The van der Waals surface area contributed by atoms with Gasteiger partial charge in [-0.15, -0.1) is 0 Å². The third-order valence-electron chi connectivity index (χ3n) is 5.64. The molecule has 0 saturated carbocycles. The number of hydrogen-bond acceptors (Lipinski definition) is 4. The van der Waals surface area contributed by atoms with Crippen LogP contribution in [-0.2, 0) is 4.74 Å². The molecule has 25 heavy (non-hydrogen) atoms. The highest BCUT2D eigenvalue weighted by molar-refractivity contribution is 6.29. The molecule has 0 amide bonds. The second-order valence-corrected chi connectivity index (χ2v) is 8.29. The number of halogens is 1. The first kappa shape index (κ1) is 18.5. The van der Waals surface area contributed by atoms with Gasteiger partial charge in [0.15, 0.2) is 0 Å². The quantitative estimate of drug-likeness (QED) is 0.646. The van der Waals surface area contributed by atoms with Gasteiger partial charge < -0.3 is 14.7 Å². The van der Waals surface area contributed by atoms with Gasteiger partial charge in [-0.1, -0.05) is 30.4 Å². The molecule has 0 radical (unpaired) electrons. The molecule has 1 N–H and O–H groups in total. The van der Waals surface area contributed by atoms with Crippen LogP contribution >= 0.6 is 11.6 Å². The topological polar surface area (TPSA) is 45.6 Å². The van der Waals surface area contributed by atoms with Crippen LogP contribution in [0.15, 0.2) is 12.3 Å². The number of aromatic nitrogens is 1. The third kappa shape index (κ3) is 4.47. The Labute approximate surface area is 155 Å². The van der Waals surface area contributed by atoms with E-state index in [-0.39, 0.29) is 17.4 Å². The normalized spacial score (nSPS) is 22.2. The van der Waals surface area contributed by atoms with Crippen LogP contribution in [0.2, 0.25) is 5.15 Å². The van der Waals surface area contributed by atoms with Crippen molar-refractivity contribution in [1.29, 1.82) is 0 Å². The number of hydrogen-bond donors (Lipinski definition) is 1. The molecule has 3 heterocycles. The van der Waals surface area contributed by atoms with Crippen molar-refractivity contribution in [2.24, 2.45) is 10.8 Å². The fourth-order valence-corrected chi connectivity index (χ4v) is 3.54. The Morgan fingerprint density at radius 3 is 2.56 bits per heavy atom. The summed E-state index contributed by atoms with van der Waals surface area (Å²) in [5, 5.41) is 10.1. The summed E-state index contributed by atoms with van der Waals surface area (Å²) in [6.45, 7) is 7.96. The number of rotatable bonds is 2. The van der Waals surface area contributed by atoms with Crippen LogP contribution in [0.5, 0.6) is 0 Å². The van der Waals surface area contributed by atoms with E-state index in [4.69, 9.17) is 16.3 Å². The molecule has 2 saturated heterocycles. The molecule has 4 nitrogen and oxygen atoms in total. The van der Waals surface area contributed by atoms with Crippen molar-refractivity contribution in [3.63, 3.8) is 0 Å². The SMILES string of the molecule is CC1(C#Cc2cnc(Cl)cc2N2CCC(C)(CO)CC2)CCOCC1. The van der Waals surface area contributed by atoms with E-state index in [2.05, 4.69) is 35.6 Å². The molecule has 1 aromatic heterocycles. The van der Waals surface area contributed by atoms with Crippen molar-refractivity contribution in [2.75, 3.05) is 37.8 Å². The van der Waals surface area contributed by atoms with Crippen LogP contribution in [0.25, 0.3) is 0 Å². The highest BCUT2D eigenvalue weighted by Crippen LogP contribution is 2.34. The van der Waals surface area contributed by atoms with Crippen molar-refractivity contribution in [2.45, 2.75) is 39.5 Å².